The number of benzene rings is 1. The average Bonchev–Trinajstić information content (AvgIpc) is 3.03. The van der Waals surface area contributed by atoms with Crippen LogP contribution in [0.5, 0.6) is 0 Å². The van der Waals surface area contributed by atoms with Crippen LogP contribution in [0.1, 0.15) is 19.3 Å². The van der Waals surface area contributed by atoms with Gasteiger partial charge in [0.1, 0.15) is 0 Å². The molecule has 2 N–H and O–H groups in total. The van der Waals surface area contributed by atoms with Crippen molar-refractivity contribution in [2.75, 3.05) is 44.7 Å². The molecule has 2 atom stereocenters. The minimum Gasteiger partial charge on any atom is -0.371 e. The van der Waals surface area contributed by atoms with Crippen LogP contribution in [-0.2, 0) is 0 Å². The second-order valence-electron chi connectivity index (χ2n) is 7.03. The summed E-state index contributed by atoms with van der Waals surface area (Å²) in [5, 5.41) is 6.18. The summed E-state index contributed by atoms with van der Waals surface area (Å²) in [7, 11) is 2.11. The van der Waals surface area contributed by atoms with E-state index in [0.717, 1.165) is 56.5 Å². The molecule has 1 aromatic rings. The van der Waals surface area contributed by atoms with Gasteiger partial charge in [-0.1, -0.05) is 15.9 Å². The zero-order valence-corrected chi connectivity index (χ0v) is 15.9. The first-order valence-electron chi connectivity index (χ1n) is 8.83. The molecular formula is C18H27BrN4O. The van der Waals surface area contributed by atoms with Gasteiger partial charge in [0.25, 0.3) is 0 Å². The fourth-order valence-electron chi connectivity index (χ4n) is 3.64. The lowest BCUT2D eigenvalue weighted by Gasteiger charge is -2.30. The van der Waals surface area contributed by atoms with Gasteiger partial charge < -0.3 is 20.4 Å². The molecule has 0 saturated carbocycles. The van der Waals surface area contributed by atoms with Crippen molar-refractivity contribution in [2.45, 2.75) is 25.3 Å². The molecule has 0 aliphatic carbocycles. The highest BCUT2D eigenvalue weighted by Gasteiger charge is 2.24. The zero-order chi connectivity index (χ0) is 16.9. The summed E-state index contributed by atoms with van der Waals surface area (Å²) in [6.07, 6.45) is 3.37. The fraction of sp³-hybridized carbons (Fsp3) is 0.611. The van der Waals surface area contributed by atoms with Gasteiger partial charge in [-0.3, -0.25) is 0 Å². The Morgan fingerprint density at radius 2 is 2.00 bits per heavy atom. The van der Waals surface area contributed by atoms with Gasteiger partial charge in [0.15, 0.2) is 0 Å². The van der Waals surface area contributed by atoms with Crippen LogP contribution in [0.25, 0.3) is 0 Å². The predicted molar refractivity (Wildman–Crippen MR) is 102 cm³/mol. The maximum atomic E-state index is 12.1. The highest BCUT2D eigenvalue weighted by Crippen LogP contribution is 2.24. The number of amides is 2. The molecule has 0 unspecified atom stereocenters. The number of rotatable bonds is 4. The molecular weight excluding hydrogens is 368 g/mol. The van der Waals surface area contributed by atoms with Crippen LogP contribution in [0.2, 0.25) is 0 Å². The highest BCUT2D eigenvalue weighted by atomic mass is 79.9. The number of piperidine rings is 1. The molecule has 132 valence electrons. The number of hydrogen-bond donors (Lipinski definition) is 2. The van der Waals surface area contributed by atoms with Crippen LogP contribution in [0.3, 0.4) is 0 Å². The Hall–Kier alpha value is -1.27. The van der Waals surface area contributed by atoms with E-state index in [2.05, 4.69) is 67.7 Å². The quantitative estimate of drug-likeness (QED) is 0.824. The topological polar surface area (TPSA) is 47.6 Å². The Labute approximate surface area is 152 Å². The van der Waals surface area contributed by atoms with Gasteiger partial charge in [0.05, 0.1) is 0 Å². The van der Waals surface area contributed by atoms with E-state index in [0.29, 0.717) is 5.92 Å². The number of hydrogen-bond acceptors (Lipinski definition) is 3. The van der Waals surface area contributed by atoms with Gasteiger partial charge in [0.2, 0.25) is 0 Å². The van der Waals surface area contributed by atoms with Crippen molar-refractivity contribution >= 4 is 27.6 Å². The lowest BCUT2D eigenvalue weighted by molar-refractivity contribution is 0.208. The Kier molecular flexibility index (Phi) is 6.00. The van der Waals surface area contributed by atoms with Crippen LogP contribution in [0, 0.1) is 5.92 Å². The minimum atomic E-state index is -0.0163. The summed E-state index contributed by atoms with van der Waals surface area (Å²) >= 11 is 3.48. The third-order valence-corrected chi connectivity index (χ3v) is 5.52. The maximum Gasteiger partial charge on any atom is 0.315 e. The normalized spacial score (nSPS) is 24.8. The summed E-state index contributed by atoms with van der Waals surface area (Å²) in [6.45, 7) is 4.90. The summed E-state index contributed by atoms with van der Waals surface area (Å²) in [5.41, 5.74) is 1.26. The van der Waals surface area contributed by atoms with E-state index in [1.165, 1.54) is 5.69 Å². The second kappa shape index (κ2) is 8.21. The van der Waals surface area contributed by atoms with Crippen LogP contribution in [0.15, 0.2) is 28.7 Å². The lowest BCUT2D eigenvalue weighted by atomic mass is 10.1. The number of carbonyl (C=O) groups excluding carboxylic acids is 1. The number of urea groups is 1. The Morgan fingerprint density at radius 1 is 1.21 bits per heavy atom. The van der Waals surface area contributed by atoms with E-state index in [1.807, 2.05) is 0 Å². The van der Waals surface area contributed by atoms with Gasteiger partial charge in [-0.05, 0) is 63.0 Å². The molecule has 2 heterocycles. The van der Waals surface area contributed by atoms with Gasteiger partial charge in [-0.2, -0.15) is 0 Å². The number of halogens is 1. The molecule has 5 nitrogen and oxygen atoms in total. The van der Waals surface area contributed by atoms with Crippen LogP contribution >= 0.6 is 15.9 Å². The van der Waals surface area contributed by atoms with Crippen molar-refractivity contribution in [2.24, 2.45) is 5.92 Å². The van der Waals surface area contributed by atoms with E-state index in [9.17, 15) is 4.79 Å². The SMILES string of the molecule is CN1CCC[C@@H](NC(=O)NC[C@H]2CCN(c3ccc(Br)cc3)C2)C1. The summed E-state index contributed by atoms with van der Waals surface area (Å²) in [5.74, 6) is 0.522. The van der Waals surface area contributed by atoms with Gasteiger partial charge in [0, 0.05) is 42.4 Å². The largest absolute Gasteiger partial charge is 0.371 e. The molecule has 2 saturated heterocycles. The van der Waals surface area contributed by atoms with E-state index >= 15 is 0 Å². The summed E-state index contributed by atoms with van der Waals surface area (Å²) in [4.78, 5) is 16.8. The Bertz CT molecular complexity index is 550. The Balaban J connectivity index is 1.39. The third kappa shape index (κ3) is 4.86. The summed E-state index contributed by atoms with van der Waals surface area (Å²) in [6, 6.07) is 8.72. The van der Waals surface area contributed by atoms with Crippen molar-refractivity contribution in [3.05, 3.63) is 28.7 Å². The molecule has 0 spiro atoms. The van der Waals surface area contributed by atoms with E-state index < -0.39 is 0 Å². The van der Waals surface area contributed by atoms with Crippen molar-refractivity contribution in [3.8, 4) is 0 Å². The first-order chi connectivity index (χ1) is 11.6. The van der Waals surface area contributed by atoms with E-state index in [1.54, 1.807) is 0 Å². The number of carbonyl (C=O) groups is 1. The van der Waals surface area contributed by atoms with E-state index in [-0.39, 0.29) is 12.1 Å². The van der Waals surface area contributed by atoms with Crippen molar-refractivity contribution in [1.82, 2.24) is 15.5 Å². The molecule has 2 aliphatic heterocycles. The van der Waals surface area contributed by atoms with Crippen LogP contribution in [-0.4, -0.2) is 56.7 Å². The molecule has 2 fully saturated rings. The molecule has 2 amide bonds. The smallest absolute Gasteiger partial charge is 0.315 e. The standard InChI is InChI=1S/C18H27BrN4O/c1-22-9-2-3-16(13-22)21-18(24)20-11-14-8-10-23(12-14)17-6-4-15(19)5-7-17/h4-7,14,16H,2-3,8-13H2,1H3,(H2,20,21,24)/t14-,16-/m1/s1. The van der Waals surface area contributed by atoms with E-state index in [4.69, 9.17) is 0 Å². The monoisotopic (exact) mass is 394 g/mol. The Morgan fingerprint density at radius 3 is 2.75 bits per heavy atom. The van der Waals surface area contributed by atoms with Crippen molar-refractivity contribution < 1.29 is 4.79 Å². The number of nitrogens with zero attached hydrogens (tertiary/aromatic N) is 2. The lowest BCUT2D eigenvalue weighted by Crippen LogP contribution is -2.50. The van der Waals surface area contributed by atoms with Crippen LogP contribution in [0.4, 0.5) is 10.5 Å². The van der Waals surface area contributed by atoms with Crippen molar-refractivity contribution in [1.29, 1.82) is 0 Å². The molecule has 0 radical (unpaired) electrons. The average molecular weight is 395 g/mol. The fourth-order valence-corrected chi connectivity index (χ4v) is 3.91. The molecule has 0 aromatic heterocycles. The van der Waals surface area contributed by atoms with Gasteiger partial charge in [-0.25, -0.2) is 4.79 Å². The number of anilines is 1. The highest BCUT2D eigenvalue weighted by molar-refractivity contribution is 9.10. The first-order valence-corrected chi connectivity index (χ1v) is 9.63. The molecule has 0 bridgehead atoms. The van der Waals surface area contributed by atoms with Gasteiger partial charge >= 0.3 is 6.03 Å². The van der Waals surface area contributed by atoms with Crippen LogP contribution < -0.4 is 15.5 Å². The number of likely N-dealkylation sites (tertiary alicyclic amines) is 1. The second-order valence-corrected chi connectivity index (χ2v) is 7.95. The maximum absolute atomic E-state index is 12.1. The molecule has 2 aliphatic rings. The zero-order valence-electron chi connectivity index (χ0n) is 14.3. The molecule has 6 heteroatoms. The van der Waals surface area contributed by atoms with Crippen molar-refractivity contribution in [3.63, 3.8) is 0 Å². The number of nitrogens with one attached hydrogen (secondary N) is 2. The van der Waals surface area contributed by atoms with Gasteiger partial charge in [-0.15, -0.1) is 0 Å². The number of likely N-dealkylation sites (N-methyl/N-ethyl adjacent to an activating group) is 1. The summed E-state index contributed by atoms with van der Waals surface area (Å²) < 4.78 is 1.11. The first kappa shape index (κ1) is 17.5. The molecule has 3 rings (SSSR count). The third-order valence-electron chi connectivity index (χ3n) is 4.99. The molecule has 24 heavy (non-hydrogen) atoms. The predicted octanol–water partition coefficient (Wildman–Crippen LogP) is 2.67. The molecule has 1 aromatic carbocycles. The minimum absolute atomic E-state index is 0.0163.